The topological polar surface area (TPSA) is 37.3 Å². The zero-order valence-corrected chi connectivity index (χ0v) is 7.21. The highest BCUT2D eigenvalue weighted by atomic mass is 16.4. The summed E-state index contributed by atoms with van der Waals surface area (Å²) in [6.07, 6.45) is 3.26. The Morgan fingerprint density at radius 2 is 2.36 bits per heavy atom. The molecule has 2 nitrogen and oxygen atoms in total. The van der Waals surface area contributed by atoms with Gasteiger partial charge < -0.3 is 5.11 Å². The quantitative estimate of drug-likeness (QED) is 0.677. The fraction of sp³-hybridized carbons (Fsp3) is 0.889. The van der Waals surface area contributed by atoms with Gasteiger partial charge in [-0.1, -0.05) is 26.7 Å². The van der Waals surface area contributed by atoms with Crippen LogP contribution in [-0.2, 0) is 4.79 Å². The van der Waals surface area contributed by atoms with Crippen molar-refractivity contribution in [3.63, 3.8) is 0 Å². The predicted octanol–water partition coefficient (Wildman–Crippen LogP) is 2.14. The van der Waals surface area contributed by atoms with Crippen LogP contribution < -0.4 is 0 Å². The van der Waals surface area contributed by atoms with E-state index in [1.165, 1.54) is 12.8 Å². The third-order valence-electron chi connectivity index (χ3n) is 2.63. The molecule has 1 rings (SSSR count). The van der Waals surface area contributed by atoms with E-state index < -0.39 is 5.97 Å². The molecular formula is C9H16O2. The van der Waals surface area contributed by atoms with Crippen molar-refractivity contribution in [2.24, 2.45) is 17.8 Å². The first-order chi connectivity index (χ1) is 5.16. The molecule has 1 N–H and O–H groups in total. The molecule has 64 valence electrons. The zero-order valence-electron chi connectivity index (χ0n) is 7.21. The molecule has 11 heavy (non-hydrogen) atoms. The van der Waals surface area contributed by atoms with Gasteiger partial charge in [-0.05, 0) is 18.3 Å². The summed E-state index contributed by atoms with van der Waals surface area (Å²) in [7, 11) is 0. The summed E-state index contributed by atoms with van der Waals surface area (Å²) in [4.78, 5) is 10.5. The van der Waals surface area contributed by atoms with E-state index in [4.69, 9.17) is 5.11 Å². The Hall–Kier alpha value is -0.530. The lowest BCUT2D eigenvalue weighted by atomic mass is 9.99. The highest BCUT2D eigenvalue weighted by molar-refractivity contribution is 5.73. The van der Waals surface area contributed by atoms with E-state index in [1.54, 1.807) is 0 Å². The predicted molar refractivity (Wildman–Crippen MR) is 43.3 cm³/mol. The second-order valence-corrected chi connectivity index (χ2v) is 3.61. The number of carbonyl (C=O) groups is 1. The highest BCUT2D eigenvalue weighted by Gasteiger charge is 2.45. The van der Waals surface area contributed by atoms with Crippen LogP contribution >= 0.6 is 0 Å². The molecular weight excluding hydrogens is 140 g/mol. The van der Waals surface area contributed by atoms with E-state index in [0.717, 1.165) is 6.42 Å². The van der Waals surface area contributed by atoms with Crippen LogP contribution in [0, 0.1) is 17.8 Å². The largest absolute Gasteiger partial charge is 0.481 e. The van der Waals surface area contributed by atoms with E-state index in [2.05, 4.69) is 13.8 Å². The first-order valence-electron chi connectivity index (χ1n) is 4.39. The van der Waals surface area contributed by atoms with E-state index in [-0.39, 0.29) is 5.92 Å². The highest BCUT2D eigenvalue weighted by Crippen LogP contribution is 2.45. The van der Waals surface area contributed by atoms with Crippen LogP contribution in [0.3, 0.4) is 0 Å². The van der Waals surface area contributed by atoms with Crippen molar-refractivity contribution in [1.29, 1.82) is 0 Å². The van der Waals surface area contributed by atoms with Gasteiger partial charge in [0.15, 0.2) is 0 Å². The SMILES string of the molecule is CCCC(C)C1CC1C(=O)O. The van der Waals surface area contributed by atoms with E-state index in [0.29, 0.717) is 11.8 Å². The van der Waals surface area contributed by atoms with Crippen LogP contribution in [-0.4, -0.2) is 11.1 Å². The number of hydrogen-bond acceptors (Lipinski definition) is 1. The van der Waals surface area contributed by atoms with Gasteiger partial charge in [0.2, 0.25) is 0 Å². The van der Waals surface area contributed by atoms with Gasteiger partial charge in [-0.3, -0.25) is 4.79 Å². The molecule has 0 aromatic carbocycles. The van der Waals surface area contributed by atoms with Crippen LogP contribution in [0.2, 0.25) is 0 Å². The zero-order chi connectivity index (χ0) is 8.43. The molecule has 0 bridgehead atoms. The summed E-state index contributed by atoms with van der Waals surface area (Å²) in [5.74, 6) is 0.475. The van der Waals surface area contributed by atoms with Crippen LogP contribution in [0.4, 0.5) is 0 Å². The smallest absolute Gasteiger partial charge is 0.306 e. The van der Waals surface area contributed by atoms with Crippen molar-refractivity contribution in [1.82, 2.24) is 0 Å². The van der Waals surface area contributed by atoms with Gasteiger partial charge in [0, 0.05) is 0 Å². The first kappa shape index (κ1) is 8.57. The molecule has 0 saturated heterocycles. The molecule has 0 heterocycles. The molecule has 3 atom stereocenters. The van der Waals surface area contributed by atoms with Crippen molar-refractivity contribution in [3.8, 4) is 0 Å². The molecule has 1 aliphatic carbocycles. The van der Waals surface area contributed by atoms with Crippen LogP contribution in [0.1, 0.15) is 33.1 Å². The third-order valence-corrected chi connectivity index (χ3v) is 2.63. The average molecular weight is 156 g/mol. The monoisotopic (exact) mass is 156 g/mol. The summed E-state index contributed by atoms with van der Waals surface area (Å²) < 4.78 is 0. The molecule has 3 unspecified atom stereocenters. The number of rotatable bonds is 4. The minimum absolute atomic E-state index is 0.0171. The van der Waals surface area contributed by atoms with Crippen molar-refractivity contribution in [2.45, 2.75) is 33.1 Å². The lowest BCUT2D eigenvalue weighted by Gasteiger charge is -2.06. The molecule has 1 saturated carbocycles. The fourth-order valence-electron chi connectivity index (χ4n) is 1.80. The number of aliphatic carboxylic acids is 1. The Morgan fingerprint density at radius 3 is 2.73 bits per heavy atom. The minimum Gasteiger partial charge on any atom is -0.481 e. The summed E-state index contributed by atoms with van der Waals surface area (Å²) in [5.41, 5.74) is 0. The van der Waals surface area contributed by atoms with Crippen LogP contribution in [0.25, 0.3) is 0 Å². The van der Waals surface area contributed by atoms with Gasteiger partial charge in [0.25, 0.3) is 0 Å². The van der Waals surface area contributed by atoms with Gasteiger partial charge >= 0.3 is 5.97 Å². The van der Waals surface area contributed by atoms with Crippen molar-refractivity contribution < 1.29 is 9.90 Å². The van der Waals surface area contributed by atoms with E-state index in [9.17, 15) is 4.79 Å². The maximum absolute atomic E-state index is 10.5. The maximum atomic E-state index is 10.5. The first-order valence-corrected chi connectivity index (χ1v) is 4.39. The molecule has 0 spiro atoms. The Kier molecular flexibility index (Phi) is 2.53. The molecule has 0 aliphatic heterocycles. The van der Waals surface area contributed by atoms with Gasteiger partial charge in [0.05, 0.1) is 5.92 Å². The van der Waals surface area contributed by atoms with Crippen molar-refractivity contribution >= 4 is 5.97 Å². The lowest BCUT2D eigenvalue weighted by Crippen LogP contribution is -2.05. The Labute approximate surface area is 67.6 Å². The molecule has 1 fully saturated rings. The Bertz CT molecular complexity index is 154. The second-order valence-electron chi connectivity index (χ2n) is 3.61. The minimum atomic E-state index is -0.599. The summed E-state index contributed by atoms with van der Waals surface area (Å²) in [6.45, 7) is 4.31. The summed E-state index contributed by atoms with van der Waals surface area (Å²) >= 11 is 0. The molecule has 2 heteroatoms. The second kappa shape index (κ2) is 3.24. The number of carboxylic acid groups (broad SMARTS) is 1. The lowest BCUT2D eigenvalue weighted by molar-refractivity contribution is -0.139. The van der Waals surface area contributed by atoms with E-state index in [1.807, 2.05) is 0 Å². The number of hydrogen-bond donors (Lipinski definition) is 1. The van der Waals surface area contributed by atoms with Gasteiger partial charge in [-0.15, -0.1) is 0 Å². The fourth-order valence-corrected chi connectivity index (χ4v) is 1.80. The third kappa shape index (κ3) is 1.95. The van der Waals surface area contributed by atoms with Crippen LogP contribution in [0.15, 0.2) is 0 Å². The average Bonchev–Trinajstić information content (AvgIpc) is 2.65. The van der Waals surface area contributed by atoms with E-state index >= 15 is 0 Å². The number of carboxylic acids is 1. The van der Waals surface area contributed by atoms with Gasteiger partial charge in [-0.2, -0.15) is 0 Å². The standard InChI is InChI=1S/C9H16O2/c1-3-4-6(2)7-5-8(7)9(10)11/h6-8H,3-5H2,1-2H3,(H,10,11). The van der Waals surface area contributed by atoms with Gasteiger partial charge in [0.1, 0.15) is 0 Å². The van der Waals surface area contributed by atoms with Crippen LogP contribution in [0.5, 0.6) is 0 Å². The summed E-state index contributed by atoms with van der Waals surface area (Å²) in [6, 6.07) is 0. The Morgan fingerprint density at radius 1 is 1.73 bits per heavy atom. The summed E-state index contributed by atoms with van der Waals surface area (Å²) in [5, 5.41) is 8.64. The molecule has 0 radical (unpaired) electrons. The van der Waals surface area contributed by atoms with Crippen molar-refractivity contribution in [2.75, 3.05) is 0 Å². The molecule has 1 aliphatic rings. The molecule has 0 aromatic rings. The van der Waals surface area contributed by atoms with Crippen molar-refractivity contribution in [3.05, 3.63) is 0 Å². The maximum Gasteiger partial charge on any atom is 0.306 e. The molecule has 0 amide bonds. The van der Waals surface area contributed by atoms with Gasteiger partial charge in [-0.25, -0.2) is 0 Å². The Balaban J connectivity index is 2.25. The normalized spacial score (nSPS) is 31.5. The molecule has 0 aromatic heterocycles.